The second kappa shape index (κ2) is 11.6. The lowest BCUT2D eigenvalue weighted by Crippen LogP contribution is -2.56. The monoisotopic (exact) mass is 591 g/mol. The van der Waals surface area contributed by atoms with E-state index < -0.39 is 29.6 Å². The molecule has 2 N–H and O–H groups in total. The predicted octanol–water partition coefficient (Wildman–Crippen LogP) is 5.78. The lowest BCUT2D eigenvalue weighted by atomic mass is 9.74. The molecule has 3 aliphatic heterocycles. The van der Waals surface area contributed by atoms with Gasteiger partial charge in [-0.15, -0.1) is 0 Å². The van der Waals surface area contributed by atoms with Crippen molar-refractivity contribution in [2.45, 2.75) is 68.9 Å². The number of nitrogens with zero attached hydrogens (tertiary/aromatic N) is 1. The Kier molecular flexibility index (Phi) is 7.46. The SMILES string of the molecule is CC(c1ccccc1)N1C(=O)C2C(C(=O)Nc3ccc(Oc4ccccc4)cc3)C3C=CC2(O3)C1C(=O)NC1CCCCC1. The lowest BCUT2D eigenvalue weighted by molar-refractivity contribution is -0.143. The van der Waals surface area contributed by atoms with Gasteiger partial charge in [0.15, 0.2) is 0 Å². The third kappa shape index (κ3) is 4.97. The van der Waals surface area contributed by atoms with Gasteiger partial charge in [-0.2, -0.15) is 0 Å². The standard InChI is InChI=1S/C36H37N3O5/c1-23(24-11-5-2-6-12-24)39-32(34(41)38-25-13-7-3-8-14-25)36-22-21-29(44-36)30(31(36)35(39)42)33(40)37-26-17-19-28(20-18-26)43-27-15-9-4-10-16-27/h2,4-6,9-12,15-23,25,29-32H,3,7-8,13-14H2,1H3,(H,37,40)(H,38,41). The smallest absolute Gasteiger partial charge is 0.246 e. The van der Waals surface area contributed by atoms with Crippen molar-refractivity contribution >= 4 is 23.4 Å². The van der Waals surface area contributed by atoms with Crippen LogP contribution in [0.5, 0.6) is 11.5 Å². The number of carbonyl (C=O) groups excluding carboxylic acids is 3. The second-order valence-electron chi connectivity index (χ2n) is 12.3. The maximum Gasteiger partial charge on any atom is 0.246 e. The van der Waals surface area contributed by atoms with Crippen LogP contribution in [0.25, 0.3) is 0 Å². The van der Waals surface area contributed by atoms with Crippen LogP contribution >= 0.6 is 0 Å². The Morgan fingerprint density at radius 3 is 2.25 bits per heavy atom. The van der Waals surface area contributed by atoms with E-state index in [4.69, 9.17) is 9.47 Å². The Morgan fingerprint density at radius 2 is 1.55 bits per heavy atom. The highest BCUT2D eigenvalue weighted by atomic mass is 16.5. The molecule has 3 aromatic rings. The third-order valence-electron chi connectivity index (χ3n) is 9.61. The summed E-state index contributed by atoms with van der Waals surface area (Å²) in [5, 5.41) is 6.25. The molecule has 6 atom stereocenters. The maximum absolute atomic E-state index is 14.4. The fourth-order valence-electron chi connectivity index (χ4n) is 7.50. The van der Waals surface area contributed by atoms with Crippen LogP contribution in [0.3, 0.4) is 0 Å². The highest BCUT2D eigenvalue weighted by Gasteiger charge is 2.73. The van der Waals surface area contributed by atoms with E-state index in [-0.39, 0.29) is 29.8 Å². The minimum absolute atomic E-state index is 0.0752. The van der Waals surface area contributed by atoms with Crippen molar-refractivity contribution in [2.75, 3.05) is 5.32 Å². The van der Waals surface area contributed by atoms with E-state index >= 15 is 0 Å². The molecule has 3 aromatic carbocycles. The van der Waals surface area contributed by atoms with E-state index in [0.717, 1.165) is 37.0 Å². The second-order valence-corrected chi connectivity index (χ2v) is 12.3. The molecule has 8 heteroatoms. The summed E-state index contributed by atoms with van der Waals surface area (Å²) in [6.45, 7) is 1.94. The number of amides is 3. The van der Waals surface area contributed by atoms with Crippen LogP contribution in [0, 0.1) is 11.8 Å². The molecule has 6 unspecified atom stereocenters. The van der Waals surface area contributed by atoms with Crippen molar-refractivity contribution in [3.63, 3.8) is 0 Å². The first-order valence-corrected chi connectivity index (χ1v) is 15.6. The zero-order chi connectivity index (χ0) is 30.3. The molecule has 3 heterocycles. The average Bonchev–Trinajstić information content (AvgIpc) is 3.70. The molecular weight excluding hydrogens is 554 g/mol. The number of likely N-dealkylation sites (tertiary alicyclic amines) is 1. The molecule has 226 valence electrons. The average molecular weight is 592 g/mol. The molecule has 1 saturated carbocycles. The normalized spacial score (nSPS) is 28.0. The largest absolute Gasteiger partial charge is 0.457 e. The molecule has 4 aliphatic rings. The molecule has 8 nitrogen and oxygen atoms in total. The van der Waals surface area contributed by atoms with Gasteiger partial charge in [0.05, 0.1) is 24.0 Å². The number of para-hydroxylation sites is 1. The summed E-state index contributed by atoms with van der Waals surface area (Å²) >= 11 is 0. The van der Waals surface area contributed by atoms with Gasteiger partial charge in [-0.1, -0.05) is 79.9 Å². The van der Waals surface area contributed by atoms with E-state index in [0.29, 0.717) is 11.4 Å². The fraction of sp³-hybridized carbons (Fsp3) is 0.361. The maximum atomic E-state index is 14.4. The number of hydrogen-bond donors (Lipinski definition) is 2. The number of hydrogen-bond acceptors (Lipinski definition) is 5. The van der Waals surface area contributed by atoms with Crippen molar-refractivity contribution < 1.29 is 23.9 Å². The summed E-state index contributed by atoms with van der Waals surface area (Å²) in [6.07, 6.45) is 8.30. The Labute approximate surface area is 257 Å². The van der Waals surface area contributed by atoms with Gasteiger partial charge < -0.3 is 25.0 Å². The van der Waals surface area contributed by atoms with Crippen LogP contribution in [0.15, 0.2) is 97.1 Å². The van der Waals surface area contributed by atoms with E-state index in [1.165, 1.54) is 6.42 Å². The van der Waals surface area contributed by atoms with E-state index in [2.05, 4.69) is 10.6 Å². The Balaban J connectivity index is 1.15. The molecule has 44 heavy (non-hydrogen) atoms. The number of nitrogens with one attached hydrogen (secondary N) is 2. The van der Waals surface area contributed by atoms with Crippen LogP contribution < -0.4 is 15.4 Å². The van der Waals surface area contributed by atoms with Gasteiger partial charge in [-0.3, -0.25) is 14.4 Å². The topological polar surface area (TPSA) is 97.0 Å². The van der Waals surface area contributed by atoms with E-state index in [9.17, 15) is 14.4 Å². The van der Waals surface area contributed by atoms with Crippen molar-refractivity contribution in [3.8, 4) is 11.5 Å². The molecule has 2 bridgehead atoms. The van der Waals surface area contributed by atoms with Crippen molar-refractivity contribution in [1.29, 1.82) is 0 Å². The molecule has 3 fully saturated rings. The summed E-state index contributed by atoms with van der Waals surface area (Å²) in [4.78, 5) is 44.1. The molecule has 0 aromatic heterocycles. The number of carbonyl (C=O) groups is 3. The highest BCUT2D eigenvalue weighted by Crippen LogP contribution is 2.56. The predicted molar refractivity (Wildman–Crippen MR) is 166 cm³/mol. The Morgan fingerprint density at radius 1 is 0.886 bits per heavy atom. The number of rotatable bonds is 8. The van der Waals surface area contributed by atoms with Crippen LogP contribution in [0.4, 0.5) is 5.69 Å². The summed E-state index contributed by atoms with van der Waals surface area (Å²) in [5.41, 5.74) is 0.298. The van der Waals surface area contributed by atoms with Crippen LogP contribution in [0.2, 0.25) is 0 Å². The van der Waals surface area contributed by atoms with Crippen molar-refractivity contribution in [2.24, 2.45) is 11.8 Å². The Hall–Kier alpha value is -4.43. The number of benzene rings is 3. The summed E-state index contributed by atoms with van der Waals surface area (Å²) in [7, 11) is 0. The van der Waals surface area contributed by atoms with Crippen molar-refractivity contribution in [3.05, 3.63) is 103 Å². The fourth-order valence-corrected chi connectivity index (χ4v) is 7.50. The van der Waals surface area contributed by atoms with E-state index in [1.807, 2.05) is 79.7 Å². The van der Waals surface area contributed by atoms with Crippen LogP contribution in [0.1, 0.15) is 50.6 Å². The van der Waals surface area contributed by atoms with Gasteiger partial charge in [-0.25, -0.2) is 0 Å². The van der Waals surface area contributed by atoms with Crippen molar-refractivity contribution in [1.82, 2.24) is 10.2 Å². The van der Waals surface area contributed by atoms with Gasteiger partial charge in [0.1, 0.15) is 23.1 Å². The summed E-state index contributed by atoms with van der Waals surface area (Å²) in [6, 6.07) is 25.1. The van der Waals surface area contributed by atoms with Gasteiger partial charge in [0.25, 0.3) is 0 Å². The number of fused-ring (bicyclic) bond motifs is 1. The Bertz CT molecular complexity index is 1550. The summed E-state index contributed by atoms with van der Waals surface area (Å²) in [5.74, 6) is -0.979. The molecule has 1 spiro atoms. The molecule has 3 amide bonds. The van der Waals surface area contributed by atoms with Gasteiger partial charge >= 0.3 is 0 Å². The zero-order valence-electron chi connectivity index (χ0n) is 24.7. The molecular formula is C36H37N3O5. The molecule has 7 rings (SSSR count). The van der Waals surface area contributed by atoms with Crippen LogP contribution in [-0.2, 0) is 19.1 Å². The van der Waals surface area contributed by atoms with Crippen LogP contribution in [-0.4, -0.2) is 46.4 Å². The quantitative estimate of drug-likeness (QED) is 0.324. The van der Waals surface area contributed by atoms with E-state index in [1.54, 1.807) is 29.2 Å². The van der Waals surface area contributed by atoms with Gasteiger partial charge in [0.2, 0.25) is 17.7 Å². The molecule has 0 radical (unpaired) electrons. The first-order chi connectivity index (χ1) is 21.4. The molecule has 1 aliphatic carbocycles. The zero-order valence-corrected chi connectivity index (χ0v) is 24.7. The van der Waals surface area contributed by atoms with Gasteiger partial charge in [-0.05, 0) is 61.7 Å². The van der Waals surface area contributed by atoms with Gasteiger partial charge in [0, 0.05) is 11.7 Å². The first-order valence-electron chi connectivity index (χ1n) is 15.6. The minimum Gasteiger partial charge on any atom is -0.457 e. The summed E-state index contributed by atoms with van der Waals surface area (Å²) < 4.78 is 12.4. The number of ether oxygens (including phenoxy) is 2. The lowest BCUT2D eigenvalue weighted by Gasteiger charge is -2.37. The number of anilines is 1. The third-order valence-corrected chi connectivity index (χ3v) is 9.61. The first kappa shape index (κ1) is 28.3. The highest BCUT2D eigenvalue weighted by molar-refractivity contribution is 6.03. The molecule has 2 saturated heterocycles. The minimum atomic E-state index is -1.21.